The van der Waals surface area contributed by atoms with Crippen LogP contribution in [0, 0.1) is 5.82 Å². The van der Waals surface area contributed by atoms with Crippen LogP contribution in [0.2, 0.25) is 5.02 Å². The van der Waals surface area contributed by atoms with Crippen LogP contribution in [0.4, 0.5) is 17.6 Å². The molecule has 1 heterocycles. The molecular weight excluding hydrogens is 428 g/mol. The number of carboxylic acid groups (broad SMARTS) is 1. The maximum atomic E-state index is 13.7. The summed E-state index contributed by atoms with van der Waals surface area (Å²) in [6.07, 6.45) is 2.87. The standard InChI is InChI=1S/C18H20ClFN2O.C2HF3O2/c19-14-2-1-12(9-15(14)20)13-3-8-22(11-13)17-4-6-18(21,7-5-17)16(23)10-17;3-2(4,5)1(6)7/h1-3,8-9,11,16,23H,4-7,10,21H2;(H,6,7)/t16-,17?,18?;/m0./s1. The van der Waals surface area contributed by atoms with E-state index in [0.717, 1.165) is 36.8 Å². The topological polar surface area (TPSA) is 88.5 Å². The van der Waals surface area contributed by atoms with Crippen molar-refractivity contribution in [2.45, 2.75) is 55.5 Å². The van der Waals surface area contributed by atoms with Gasteiger partial charge in [0.2, 0.25) is 0 Å². The molecule has 1 aromatic heterocycles. The molecule has 3 fully saturated rings. The zero-order chi connectivity index (χ0) is 22.3. The second kappa shape index (κ2) is 7.86. The number of nitrogens with zero attached hydrogens (tertiary/aromatic N) is 1. The predicted molar refractivity (Wildman–Crippen MR) is 103 cm³/mol. The summed E-state index contributed by atoms with van der Waals surface area (Å²) in [5, 5.41) is 17.6. The Balaban J connectivity index is 0.000000318. The van der Waals surface area contributed by atoms with Crippen LogP contribution in [0.15, 0.2) is 36.7 Å². The molecule has 0 amide bonds. The van der Waals surface area contributed by atoms with E-state index in [0.29, 0.717) is 6.42 Å². The van der Waals surface area contributed by atoms with Gasteiger partial charge >= 0.3 is 12.1 Å². The van der Waals surface area contributed by atoms with Crippen molar-refractivity contribution in [1.82, 2.24) is 4.57 Å². The van der Waals surface area contributed by atoms with Crippen LogP contribution in [-0.4, -0.2) is 38.6 Å². The Kier molecular flexibility index (Phi) is 5.92. The third-order valence-corrected chi connectivity index (χ3v) is 6.39. The molecule has 164 valence electrons. The summed E-state index contributed by atoms with van der Waals surface area (Å²) in [5.41, 5.74) is 7.58. The van der Waals surface area contributed by atoms with Crippen LogP contribution in [0.5, 0.6) is 0 Å². The van der Waals surface area contributed by atoms with Crippen LogP contribution in [0.1, 0.15) is 32.1 Å². The fourth-order valence-electron chi connectivity index (χ4n) is 4.18. The van der Waals surface area contributed by atoms with Gasteiger partial charge < -0.3 is 20.5 Å². The maximum Gasteiger partial charge on any atom is 0.490 e. The second-order valence-corrected chi connectivity index (χ2v) is 8.32. The third kappa shape index (κ3) is 4.33. The van der Waals surface area contributed by atoms with E-state index in [1.165, 1.54) is 6.07 Å². The third-order valence-electron chi connectivity index (χ3n) is 6.08. The monoisotopic (exact) mass is 448 g/mol. The van der Waals surface area contributed by atoms with Gasteiger partial charge in [0.05, 0.1) is 11.1 Å². The first-order chi connectivity index (χ1) is 13.9. The first-order valence-electron chi connectivity index (χ1n) is 9.27. The zero-order valence-electron chi connectivity index (χ0n) is 15.8. The molecule has 3 saturated carbocycles. The van der Waals surface area contributed by atoms with Gasteiger partial charge in [0.1, 0.15) is 5.82 Å². The minimum Gasteiger partial charge on any atom is -0.475 e. The molecule has 0 aliphatic heterocycles. The maximum absolute atomic E-state index is 13.7. The Labute approximate surface area is 175 Å². The van der Waals surface area contributed by atoms with Crippen molar-refractivity contribution < 1.29 is 32.6 Å². The molecule has 2 bridgehead atoms. The normalized spacial score (nSPS) is 28.0. The van der Waals surface area contributed by atoms with Crippen LogP contribution < -0.4 is 5.73 Å². The summed E-state index contributed by atoms with van der Waals surface area (Å²) in [7, 11) is 0. The molecule has 3 aliphatic carbocycles. The van der Waals surface area contributed by atoms with E-state index in [9.17, 15) is 22.7 Å². The fraction of sp³-hybridized carbons (Fsp3) is 0.450. The molecule has 5 rings (SSSR count). The van der Waals surface area contributed by atoms with E-state index < -0.39 is 29.6 Å². The summed E-state index contributed by atoms with van der Waals surface area (Å²) in [5.74, 6) is -3.17. The van der Waals surface area contributed by atoms with Gasteiger partial charge in [-0.1, -0.05) is 17.7 Å². The second-order valence-electron chi connectivity index (χ2n) is 7.92. The van der Waals surface area contributed by atoms with E-state index in [2.05, 4.69) is 4.57 Å². The summed E-state index contributed by atoms with van der Waals surface area (Å²) in [6, 6.07) is 6.85. The molecule has 0 saturated heterocycles. The van der Waals surface area contributed by atoms with Crippen molar-refractivity contribution >= 4 is 17.6 Å². The molecule has 30 heavy (non-hydrogen) atoms. The van der Waals surface area contributed by atoms with E-state index in [1.54, 1.807) is 6.07 Å². The molecule has 5 nitrogen and oxygen atoms in total. The molecule has 0 unspecified atom stereocenters. The number of aromatic nitrogens is 1. The first-order valence-corrected chi connectivity index (χ1v) is 9.65. The quantitative estimate of drug-likeness (QED) is 0.597. The number of hydrogen-bond donors (Lipinski definition) is 3. The highest BCUT2D eigenvalue weighted by atomic mass is 35.5. The fourth-order valence-corrected chi connectivity index (χ4v) is 4.30. The van der Waals surface area contributed by atoms with Gasteiger partial charge in [0, 0.05) is 23.5 Å². The molecule has 1 aromatic carbocycles. The minimum absolute atomic E-state index is 0.0657. The van der Waals surface area contributed by atoms with Crippen molar-refractivity contribution in [3.05, 3.63) is 47.5 Å². The smallest absolute Gasteiger partial charge is 0.475 e. The van der Waals surface area contributed by atoms with Gasteiger partial charge in [-0.25, -0.2) is 9.18 Å². The largest absolute Gasteiger partial charge is 0.490 e. The Bertz CT molecular complexity index is 936. The minimum atomic E-state index is -5.08. The number of aliphatic hydroxyl groups excluding tert-OH is 1. The molecule has 1 atom stereocenters. The van der Waals surface area contributed by atoms with Crippen LogP contribution in [-0.2, 0) is 10.3 Å². The number of carbonyl (C=O) groups is 1. The lowest BCUT2D eigenvalue weighted by Crippen LogP contribution is -2.63. The van der Waals surface area contributed by atoms with Crippen molar-refractivity contribution in [2.24, 2.45) is 5.73 Å². The Morgan fingerprint density at radius 3 is 2.27 bits per heavy atom. The van der Waals surface area contributed by atoms with Crippen molar-refractivity contribution in [3.8, 4) is 11.1 Å². The molecule has 0 spiro atoms. The number of alkyl halides is 3. The molecule has 10 heteroatoms. The first kappa shape index (κ1) is 22.6. The number of aliphatic hydroxyl groups is 1. The molecule has 2 aromatic rings. The highest BCUT2D eigenvalue weighted by Crippen LogP contribution is 2.50. The number of aliphatic carboxylic acids is 1. The lowest BCUT2D eigenvalue weighted by Gasteiger charge is -2.55. The van der Waals surface area contributed by atoms with Gasteiger partial charge in [-0.2, -0.15) is 13.2 Å². The number of hydrogen-bond acceptors (Lipinski definition) is 3. The van der Waals surface area contributed by atoms with Gasteiger partial charge in [0.25, 0.3) is 0 Å². The van der Waals surface area contributed by atoms with E-state index in [1.807, 2.05) is 24.5 Å². The molecular formula is C20H21ClF4N2O3. The molecule has 3 aliphatic rings. The van der Waals surface area contributed by atoms with Crippen LogP contribution >= 0.6 is 11.6 Å². The lowest BCUT2D eigenvalue weighted by atomic mass is 9.60. The Hall–Kier alpha value is -2.10. The zero-order valence-corrected chi connectivity index (χ0v) is 16.5. The van der Waals surface area contributed by atoms with Crippen molar-refractivity contribution in [2.75, 3.05) is 0 Å². The summed E-state index contributed by atoms with van der Waals surface area (Å²) >= 11 is 5.75. The van der Waals surface area contributed by atoms with Crippen molar-refractivity contribution in [1.29, 1.82) is 0 Å². The van der Waals surface area contributed by atoms with E-state index in [4.69, 9.17) is 27.2 Å². The van der Waals surface area contributed by atoms with E-state index in [-0.39, 0.29) is 10.6 Å². The lowest BCUT2D eigenvalue weighted by molar-refractivity contribution is -0.192. The number of fused-ring (bicyclic) bond motifs is 3. The summed E-state index contributed by atoms with van der Waals surface area (Å²) in [6.45, 7) is 0. The number of rotatable bonds is 2. The summed E-state index contributed by atoms with van der Waals surface area (Å²) in [4.78, 5) is 8.90. The van der Waals surface area contributed by atoms with Gasteiger partial charge in [0.15, 0.2) is 0 Å². The summed E-state index contributed by atoms with van der Waals surface area (Å²) < 4.78 is 47.6. The van der Waals surface area contributed by atoms with Crippen LogP contribution in [0.25, 0.3) is 11.1 Å². The molecule has 4 N–H and O–H groups in total. The predicted octanol–water partition coefficient (Wildman–Crippen LogP) is 4.31. The SMILES string of the molecule is NC12CCC(n3ccc(-c4ccc(Cl)c(F)c4)c3)(CC1)C[C@@H]2O.O=C(O)C(F)(F)F. The number of carboxylic acids is 1. The highest BCUT2D eigenvalue weighted by Gasteiger charge is 2.52. The Morgan fingerprint density at radius 2 is 1.77 bits per heavy atom. The number of benzene rings is 1. The van der Waals surface area contributed by atoms with Gasteiger partial charge in [-0.15, -0.1) is 0 Å². The number of halogens is 5. The number of nitrogens with two attached hydrogens (primary N) is 1. The average Bonchev–Trinajstić information content (AvgIpc) is 3.16. The Morgan fingerprint density at radius 1 is 1.17 bits per heavy atom. The molecule has 0 radical (unpaired) electrons. The van der Waals surface area contributed by atoms with Crippen molar-refractivity contribution in [3.63, 3.8) is 0 Å². The van der Waals surface area contributed by atoms with E-state index >= 15 is 0 Å². The van der Waals surface area contributed by atoms with Gasteiger partial charge in [-0.3, -0.25) is 0 Å². The van der Waals surface area contributed by atoms with Gasteiger partial charge in [-0.05, 0) is 61.4 Å². The average molecular weight is 449 g/mol. The van der Waals surface area contributed by atoms with Crippen LogP contribution in [0.3, 0.4) is 0 Å². The highest BCUT2D eigenvalue weighted by molar-refractivity contribution is 6.30.